The Morgan fingerprint density at radius 2 is 2.30 bits per heavy atom. The fraction of sp³-hybridized carbons (Fsp3) is 0.455. The first-order valence-electron chi connectivity index (χ1n) is 5.75. The number of carboxylic acids is 1. The van der Waals surface area contributed by atoms with Gasteiger partial charge in [-0.2, -0.15) is 0 Å². The molecule has 0 aromatic carbocycles. The summed E-state index contributed by atoms with van der Waals surface area (Å²) >= 11 is 2.45. The maximum Gasteiger partial charge on any atom is 0.416 e. The van der Waals surface area contributed by atoms with E-state index < -0.39 is 12.1 Å². The van der Waals surface area contributed by atoms with Crippen molar-refractivity contribution in [3.05, 3.63) is 10.6 Å². The van der Waals surface area contributed by atoms with Crippen LogP contribution >= 0.6 is 23.1 Å². The number of carbonyl (C=O) groups excluding carboxylic acids is 2. The summed E-state index contributed by atoms with van der Waals surface area (Å²) in [4.78, 5) is 39.6. The number of carbonyl (C=O) groups is 3. The summed E-state index contributed by atoms with van der Waals surface area (Å²) < 4.78 is 5.31. The Bertz CT molecular complexity index is 557. The van der Waals surface area contributed by atoms with Gasteiger partial charge >= 0.3 is 12.1 Å². The maximum atomic E-state index is 11.8. The molecule has 0 bridgehead atoms. The topological polar surface area (TPSA) is 96.8 Å². The van der Waals surface area contributed by atoms with Gasteiger partial charge in [0.25, 0.3) is 0 Å². The van der Waals surface area contributed by atoms with Crippen molar-refractivity contribution in [2.45, 2.75) is 17.7 Å². The Balaban J connectivity index is 1.92. The average molecular weight is 316 g/mol. The fourth-order valence-corrected chi connectivity index (χ4v) is 3.69. The quantitative estimate of drug-likeness (QED) is 0.814. The minimum atomic E-state index is -0.913. The number of hydrogen-bond acceptors (Lipinski definition) is 7. The van der Waals surface area contributed by atoms with Gasteiger partial charge in [-0.3, -0.25) is 9.59 Å². The standard InChI is InChI=1S/C11H12N2O5S2/c1-6-7(4-9(15)16)20-10(12-6)19-5-8(14)13-2-3-18-11(13)17/h2-5H2,1H3,(H,15,16). The van der Waals surface area contributed by atoms with E-state index in [9.17, 15) is 14.4 Å². The summed E-state index contributed by atoms with van der Waals surface area (Å²) in [6.45, 7) is 2.24. The highest BCUT2D eigenvalue weighted by Gasteiger charge is 2.28. The Labute approximate surface area is 122 Å². The number of amides is 2. The molecule has 108 valence electrons. The third kappa shape index (κ3) is 3.48. The zero-order valence-electron chi connectivity index (χ0n) is 10.6. The number of rotatable bonds is 5. The van der Waals surface area contributed by atoms with Crippen LogP contribution in [0.4, 0.5) is 4.79 Å². The van der Waals surface area contributed by atoms with Crippen LogP contribution in [-0.4, -0.2) is 51.9 Å². The van der Waals surface area contributed by atoms with Crippen LogP contribution in [-0.2, 0) is 20.7 Å². The van der Waals surface area contributed by atoms with Crippen LogP contribution in [0.15, 0.2) is 4.34 Å². The van der Waals surface area contributed by atoms with E-state index in [0.29, 0.717) is 14.9 Å². The first-order valence-corrected chi connectivity index (χ1v) is 7.55. The van der Waals surface area contributed by atoms with Gasteiger partial charge in [0.05, 0.1) is 24.4 Å². The summed E-state index contributed by atoms with van der Waals surface area (Å²) in [5.41, 5.74) is 0.660. The molecule has 0 atom stereocenters. The van der Waals surface area contributed by atoms with E-state index in [1.54, 1.807) is 6.92 Å². The van der Waals surface area contributed by atoms with Crippen LogP contribution in [0.3, 0.4) is 0 Å². The van der Waals surface area contributed by atoms with E-state index in [1.165, 1.54) is 23.1 Å². The highest BCUT2D eigenvalue weighted by Crippen LogP contribution is 2.28. The van der Waals surface area contributed by atoms with Gasteiger partial charge in [-0.1, -0.05) is 11.8 Å². The van der Waals surface area contributed by atoms with E-state index >= 15 is 0 Å². The molecule has 1 aromatic rings. The second kappa shape index (κ2) is 6.23. The fourth-order valence-electron chi connectivity index (χ4n) is 1.59. The number of aliphatic carboxylic acids is 1. The van der Waals surface area contributed by atoms with E-state index in [-0.39, 0.29) is 31.2 Å². The van der Waals surface area contributed by atoms with Crippen molar-refractivity contribution in [3.63, 3.8) is 0 Å². The maximum absolute atomic E-state index is 11.8. The molecule has 1 fully saturated rings. The number of thioether (sulfide) groups is 1. The molecule has 2 heterocycles. The molecule has 1 saturated heterocycles. The second-order valence-electron chi connectivity index (χ2n) is 4.01. The Hall–Kier alpha value is -1.61. The molecule has 1 aromatic heterocycles. The average Bonchev–Trinajstić information content (AvgIpc) is 2.93. The predicted octanol–water partition coefficient (Wildman–Crippen LogP) is 1.15. The summed E-state index contributed by atoms with van der Waals surface area (Å²) in [7, 11) is 0. The molecule has 9 heteroatoms. The van der Waals surface area contributed by atoms with Crippen LogP contribution < -0.4 is 0 Å². The van der Waals surface area contributed by atoms with Crippen molar-refractivity contribution in [2.75, 3.05) is 18.9 Å². The second-order valence-corrected chi connectivity index (χ2v) is 6.31. The third-order valence-corrected chi connectivity index (χ3v) is 4.85. The number of hydrogen-bond donors (Lipinski definition) is 1. The van der Waals surface area contributed by atoms with Gasteiger partial charge < -0.3 is 9.84 Å². The molecule has 0 spiro atoms. The molecule has 0 aliphatic carbocycles. The van der Waals surface area contributed by atoms with Gasteiger partial charge in [0.15, 0.2) is 4.34 Å². The monoisotopic (exact) mass is 316 g/mol. The zero-order valence-corrected chi connectivity index (χ0v) is 12.3. The Morgan fingerprint density at radius 3 is 2.90 bits per heavy atom. The number of cyclic esters (lactones) is 1. The summed E-state index contributed by atoms with van der Waals surface area (Å²) in [5, 5.41) is 8.75. The molecular weight excluding hydrogens is 304 g/mol. The van der Waals surface area contributed by atoms with Crippen LogP contribution in [0.1, 0.15) is 10.6 Å². The zero-order chi connectivity index (χ0) is 14.7. The van der Waals surface area contributed by atoms with Gasteiger partial charge in [0.1, 0.15) is 6.61 Å². The van der Waals surface area contributed by atoms with E-state index in [1.807, 2.05) is 0 Å². The number of carboxylic acid groups (broad SMARTS) is 1. The Morgan fingerprint density at radius 1 is 1.55 bits per heavy atom. The molecule has 1 aliphatic heterocycles. The largest absolute Gasteiger partial charge is 0.481 e. The first kappa shape index (κ1) is 14.8. The van der Waals surface area contributed by atoms with Crippen LogP contribution in [0.5, 0.6) is 0 Å². The van der Waals surface area contributed by atoms with Crippen LogP contribution in [0, 0.1) is 6.92 Å². The number of thiazole rings is 1. The first-order chi connectivity index (χ1) is 9.47. The highest BCUT2D eigenvalue weighted by molar-refractivity contribution is 8.01. The van der Waals surface area contributed by atoms with Gasteiger partial charge in [-0.05, 0) is 6.92 Å². The van der Waals surface area contributed by atoms with Crippen LogP contribution in [0.25, 0.3) is 0 Å². The summed E-state index contributed by atoms with van der Waals surface area (Å²) in [6, 6.07) is 0. The predicted molar refractivity (Wildman–Crippen MR) is 72.0 cm³/mol. The molecule has 2 amide bonds. The number of nitrogens with zero attached hydrogens (tertiary/aromatic N) is 2. The lowest BCUT2D eigenvalue weighted by molar-refractivity contribution is -0.136. The summed E-state index contributed by atoms with van der Waals surface area (Å²) in [6.07, 6.45) is -0.686. The van der Waals surface area contributed by atoms with Crippen molar-refractivity contribution in [3.8, 4) is 0 Å². The molecule has 7 nitrogen and oxygen atoms in total. The lowest BCUT2D eigenvalue weighted by Gasteiger charge is -2.08. The van der Waals surface area contributed by atoms with Crippen molar-refractivity contribution in [1.29, 1.82) is 0 Å². The van der Waals surface area contributed by atoms with Gasteiger partial charge in [0, 0.05) is 4.88 Å². The summed E-state index contributed by atoms with van der Waals surface area (Å²) in [5.74, 6) is -1.16. The smallest absolute Gasteiger partial charge is 0.416 e. The highest BCUT2D eigenvalue weighted by atomic mass is 32.2. The number of aryl methyl sites for hydroxylation is 1. The molecule has 0 saturated carbocycles. The minimum absolute atomic E-state index is 0.0730. The van der Waals surface area contributed by atoms with Crippen molar-refractivity contribution in [1.82, 2.24) is 9.88 Å². The molecular formula is C11H12N2O5S2. The Kier molecular flexibility index (Phi) is 4.61. The van der Waals surface area contributed by atoms with Crippen LogP contribution in [0.2, 0.25) is 0 Å². The molecule has 0 unspecified atom stereocenters. The minimum Gasteiger partial charge on any atom is -0.481 e. The van der Waals surface area contributed by atoms with E-state index in [2.05, 4.69) is 9.72 Å². The van der Waals surface area contributed by atoms with Crippen molar-refractivity contribution >= 4 is 41.1 Å². The normalized spacial score (nSPS) is 14.4. The lowest BCUT2D eigenvalue weighted by Crippen LogP contribution is -2.32. The molecule has 1 N–H and O–H groups in total. The van der Waals surface area contributed by atoms with Crippen molar-refractivity contribution < 1.29 is 24.2 Å². The SMILES string of the molecule is Cc1nc(SCC(=O)N2CCOC2=O)sc1CC(=O)O. The third-order valence-electron chi connectivity index (χ3n) is 2.57. The molecule has 0 radical (unpaired) electrons. The number of ether oxygens (including phenoxy) is 1. The van der Waals surface area contributed by atoms with E-state index in [4.69, 9.17) is 5.11 Å². The molecule has 2 rings (SSSR count). The number of aromatic nitrogens is 1. The number of imide groups is 1. The molecule has 20 heavy (non-hydrogen) atoms. The van der Waals surface area contributed by atoms with E-state index in [0.717, 1.165) is 4.90 Å². The van der Waals surface area contributed by atoms with Gasteiger partial charge in [0.2, 0.25) is 5.91 Å². The van der Waals surface area contributed by atoms with Crippen molar-refractivity contribution in [2.24, 2.45) is 0 Å². The lowest BCUT2D eigenvalue weighted by atomic mass is 10.3. The van der Waals surface area contributed by atoms with Gasteiger partial charge in [-0.15, -0.1) is 11.3 Å². The molecule has 1 aliphatic rings. The van der Waals surface area contributed by atoms with Gasteiger partial charge in [-0.25, -0.2) is 14.7 Å².